The topological polar surface area (TPSA) is 18.5 Å². The van der Waals surface area contributed by atoms with Crippen LogP contribution in [0.25, 0.3) is 0 Å². The van der Waals surface area contributed by atoms with E-state index in [0.29, 0.717) is 0 Å². The molecule has 2 atom stereocenters. The maximum absolute atomic E-state index is 5.93. The van der Waals surface area contributed by atoms with Gasteiger partial charge < -0.3 is 9.47 Å². The normalized spacial score (nSPS) is 15.4. The minimum absolute atomic E-state index is 0.138. The Labute approximate surface area is 111 Å². The van der Waals surface area contributed by atoms with Crippen LogP contribution in [-0.4, -0.2) is 24.9 Å². The van der Waals surface area contributed by atoms with Crippen LogP contribution in [0.2, 0.25) is 0 Å². The van der Waals surface area contributed by atoms with Gasteiger partial charge in [0.25, 0.3) is 0 Å². The van der Waals surface area contributed by atoms with Crippen molar-refractivity contribution in [2.75, 3.05) is 13.2 Å². The molecule has 1 aromatic rings. The minimum Gasteiger partial charge on any atom is -0.378 e. The van der Waals surface area contributed by atoms with Crippen LogP contribution in [0, 0.1) is 0 Å². The maximum Gasteiger partial charge on any atom is 0.0719 e. The molecule has 0 fully saturated rings. The first-order chi connectivity index (χ1) is 8.53. The first kappa shape index (κ1) is 15.2. The Morgan fingerprint density at radius 1 is 1.06 bits per heavy atom. The second-order valence-corrected chi connectivity index (χ2v) is 5.09. The van der Waals surface area contributed by atoms with Gasteiger partial charge in [-0.3, -0.25) is 0 Å². The number of hydrogen-bond donors (Lipinski definition) is 0. The summed E-state index contributed by atoms with van der Waals surface area (Å²) in [6, 6.07) is 10.5. The predicted molar refractivity (Wildman–Crippen MR) is 76.0 cm³/mol. The molecule has 0 amide bonds. The molecule has 1 aromatic carbocycles. The highest BCUT2D eigenvalue weighted by molar-refractivity contribution is 5.23. The van der Waals surface area contributed by atoms with E-state index in [0.717, 1.165) is 13.2 Å². The average Bonchev–Trinajstić information content (AvgIpc) is 2.30. The van der Waals surface area contributed by atoms with E-state index in [4.69, 9.17) is 9.47 Å². The number of rotatable bonds is 7. The van der Waals surface area contributed by atoms with Gasteiger partial charge in [0.15, 0.2) is 0 Å². The molecule has 102 valence electrons. The van der Waals surface area contributed by atoms with Crippen LogP contribution in [0.3, 0.4) is 0 Å². The Morgan fingerprint density at radius 2 is 1.67 bits per heavy atom. The fraction of sp³-hybridized carbons (Fsp3) is 0.625. The largest absolute Gasteiger partial charge is 0.378 e. The molecule has 0 saturated heterocycles. The predicted octanol–water partition coefficient (Wildman–Crippen LogP) is 4.01. The highest BCUT2D eigenvalue weighted by Crippen LogP contribution is 2.35. The summed E-state index contributed by atoms with van der Waals surface area (Å²) in [5.74, 6) is 0.235. The summed E-state index contributed by atoms with van der Waals surface area (Å²) < 4.78 is 11.7. The van der Waals surface area contributed by atoms with Crippen LogP contribution in [0.4, 0.5) is 0 Å². The summed E-state index contributed by atoms with van der Waals surface area (Å²) in [7, 11) is 0. The van der Waals surface area contributed by atoms with Gasteiger partial charge in [-0.15, -0.1) is 0 Å². The maximum atomic E-state index is 5.93. The van der Waals surface area contributed by atoms with Gasteiger partial charge in [0.2, 0.25) is 0 Å². The number of benzene rings is 1. The third-order valence-electron chi connectivity index (χ3n) is 3.32. The van der Waals surface area contributed by atoms with E-state index < -0.39 is 0 Å². The molecule has 0 radical (unpaired) electrons. The summed E-state index contributed by atoms with van der Waals surface area (Å²) in [4.78, 5) is 0. The summed E-state index contributed by atoms with van der Waals surface area (Å²) in [6.07, 6.45) is 0.138. The monoisotopic (exact) mass is 250 g/mol. The van der Waals surface area contributed by atoms with Gasteiger partial charge in [0.1, 0.15) is 0 Å². The van der Waals surface area contributed by atoms with E-state index in [1.165, 1.54) is 5.56 Å². The molecule has 2 heteroatoms. The van der Waals surface area contributed by atoms with Gasteiger partial charge in [0, 0.05) is 19.1 Å². The average molecular weight is 250 g/mol. The molecule has 0 spiro atoms. The van der Waals surface area contributed by atoms with Crippen molar-refractivity contribution in [2.45, 2.75) is 52.2 Å². The molecule has 0 aromatic heterocycles. The zero-order valence-electron chi connectivity index (χ0n) is 12.3. The second kappa shape index (κ2) is 6.91. The highest BCUT2D eigenvalue weighted by atomic mass is 16.5. The highest BCUT2D eigenvalue weighted by Gasteiger charge is 2.35. The van der Waals surface area contributed by atoms with Crippen LogP contribution in [0.1, 0.15) is 46.1 Å². The molecule has 0 heterocycles. The lowest BCUT2D eigenvalue weighted by Crippen LogP contribution is -2.40. The van der Waals surface area contributed by atoms with Crippen molar-refractivity contribution < 1.29 is 9.47 Å². The van der Waals surface area contributed by atoms with Crippen molar-refractivity contribution in [2.24, 2.45) is 0 Å². The van der Waals surface area contributed by atoms with Crippen molar-refractivity contribution in [3.63, 3.8) is 0 Å². The Hall–Kier alpha value is -0.860. The van der Waals surface area contributed by atoms with Gasteiger partial charge >= 0.3 is 0 Å². The zero-order valence-corrected chi connectivity index (χ0v) is 12.3. The van der Waals surface area contributed by atoms with Crippen LogP contribution < -0.4 is 0 Å². The lowest BCUT2D eigenvalue weighted by Gasteiger charge is -2.38. The fourth-order valence-corrected chi connectivity index (χ4v) is 2.72. The molecule has 0 aliphatic carbocycles. The first-order valence-corrected chi connectivity index (χ1v) is 6.83. The van der Waals surface area contributed by atoms with Crippen LogP contribution in [0.15, 0.2) is 30.3 Å². The Bertz CT molecular complexity index is 332. The Kier molecular flexibility index (Phi) is 5.83. The molecule has 0 N–H and O–H groups in total. The third kappa shape index (κ3) is 3.82. The molecule has 0 saturated carbocycles. The van der Waals surface area contributed by atoms with Gasteiger partial charge in [0.05, 0.1) is 11.7 Å². The lowest BCUT2D eigenvalue weighted by molar-refractivity contribution is -0.0749. The van der Waals surface area contributed by atoms with Crippen molar-refractivity contribution in [1.82, 2.24) is 0 Å². The SMILES string of the molecule is CCOC(C)C(c1ccccc1)C(C)(C)OCC. The Balaban J connectivity index is 3.02. The van der Waals surface area contributed by atoms with E-state index in [-0.39, 0.29) is 17.6 Å². The first-order valence-electron chi connectivity index (χ1n) is 6.83. The summed E-state index contributed by atoms with van der Waals surface area (Å²) in [6.45, 7) is 11.9. The van der Waals surface area contributed by atoms with Crippen molar-refractivity contribution in [3.05, 3.63) is 35.9 Å². The van der Waals surface area contributed by atoms with Gasteiger partial charge in [-0.1, -0.05) is 30.3 Å². The summed E-state index contributed by atoms with van der Waals surface area (Å²) in [5.41, 5.74) is 1.04. The minimum atomic E-state index is -0.231. The third-order valence-corrected chi connectivity index (χ3v) is 3.32. The summed E-state index contributed by atoms with van der Waals surface area (Å²) >= 11 is 0. The van der Waals surface area contributed by atoms with E-state index in [2.05, 4.69) is 45.0 Å². The molecule has 2 unspecified atom stereocenters. The van der Waals surface area contributed by atoms with Gasteiger partial charge in [-0.2, -0.15) is 0 Å². The van der Waals surface area contributed by atoms with Crippen LogP contribution in [0.5, 0.6) is 0 Å². The molecule has 2 nitrogen and oxygen atoms in total. The van der Waals surface area contributed by atoms with E-state index in [1.54, 1.807) is 0 Å². The van der Waals surface area contributed by atoms with E-state index >= 15 is 0 Å². The quantitative estimate of drug-likeness (QED) is 0.728. The van der Waals surface area contributed by atoms with Crippen LogP contribution >= 0.6 is 0 Å². The lowest BCUT2D eigenvalue weighted by atomic mass is 9.80. The van der Waals surface area contributed by atoms with E-state index in [9.17, 15) is 0 Å². The fourth-order valence-electron chi connectivity index (χ4n) is 2.72. The molecular weight excluding hydrogens is 224 g/mol. The van der Waals surface area contributed by atoms with Gasteiger partial charge in [-0.25, -0.2) is 0 Å². The smallest absolute Gasteiger partial charge is 0.0719 e. The molecule has 1 rings (SSSR count). The molecule has 18 heavy (non-hydrogen) atoms. The number of hydrogen-bond acceptors (Lipinski definition) is 2. The second-order valence-electron chi connectivity index (χ2n) is 5.09. The number of ether oxygens (including phenoxy) is 2. The van der Waals surface area contributed by atoms with Crippen LogP contribution in [-0.2, 0) is 9.47 Å². The molecular formula is C16H26O2. The summed E-state index contributed by atoms with van der Waals surface area (Å²) in [5, 5.41) is 0. The van der Waals surface area contributed by atoms with Crippen molar-refractivity contribution in [3.8, 4) is 0 Å². The van der Waals surface area contributed by atoms with E-state index in [1.807, 2.05) is 19.9 Å². The molecule has 0 bridgehead atoms. The zero-order chi connectivity index (χ0) is 13.6. The Morgan fingerprint density at radius 3 is 2.17 bits per heavy atom. The van der Waals surface area contributed by atoms with Crippen molar-refractivity contribution >= 4 is 0 Å². The van der Waals surface area contributed by atoms with Crippen molar-refractivity contribution in [1.29, 1.82) is 0 Å². The molecule has 0 aliphatic heterocycles. The molecule has 0 aliphatic rings. The van der Waals surface area contributed by atoms with Gasteiger partial charge in [-0.05, 0) is 40.2 Å². The standard InChI is InChI=1S/C16H26O2/c1-6-17-13(3)15(16(4,5)18-7-2)14-11-9-8-10-12-14/h8-13,15H,6-7H2,1-5H3.